The minimum atomic E-state index is -1.15. The topological polar surface area (TPSA) is 151 Å². The number of pyridine rings is 1. The number of carboxylic acids is 1. The van der Waals surface area contributed by atoms with E-state index < -0.39 is 29.2 Å². The van der Waals surface area contributed by atoms with Gasteiger partial charge in [0.05, 0.1) is 0 Å². The van der Waals surface area contributed by atoms with E-state index >= 15 is 0 Å². The first-order chi connectivity index (χ1) is 17.4. The van der Waals surface area contributed by atoms with Gasteiger partial charge in [0.1, 0.15) is 29.9 Å². The third-order valence-electron chi connectivity index (χ3n) is 6.45. The van der Waals surface area contributed by atoms with Crippen molar-refractivity contribution in [2.45, 2.75) is 43.6 Å². The number of carbonyl (C=O) groups is 3. The van der Waals surface area contributed by atoms with Gasteiger partial charge < -0.3 is 21.0 Å². The number of amides is 2. The third kappa shape index (κ3) is 4.32. The predicted molar refractivity (Wildman–Crippen MR) is 133 cm³/mol. The zero-order valence-corrected chi connectivity index (χ0v) is 21.1. The van der Waals surface area contributed by atoms with Crippen molar-refractivity contribution in [3.05, 3.63) is 51.9 Å². The number of aliphatic carboxylic acids is 1. The van der Waals surface area contributed by atoms with Crippen LogP contribution in [-0.4, -0.2) is 62.8 Å². The standard InChI is InChI=1S/C23H24N6O5S2/c1-34-27-16(14-11-36-23(24)25-14)19(30)26-17-20(31)29-18(22(32)33)13(10-35-21(17)29)9-28-8-4-6-12-5-2-3-7-15(12)28/h4,6,8,11,17,21H,2-3,5,7,9-10H2,1H3,(H3-,24,25,26,30,32,33)/p+1/b27-16-. The van der Waals surface area contributed by atoms with Crippen molar-refractivity contribution in [2.75, 3.05) is 18.6 Å². The van der Waals surface area contributed by atoms with Crippen molar-refractivity contribution >= 4 is 51.7 Å². The lowest BCUT2D eigenvalue weighted by Gasteiger charge is -2.49. The summed E-state index contributed by atoms with van der Waals surface area (Å²) >= 11 is 2.57. The fourth-order valence-corrected chi connectivity index (χ4v) is 6.72. The number of hydrogen-bond donors (Lipinski definition) is 3. The zero-order valence-electron chi connectivity index (χ0n) is 19.5. The van der Waals surface area contributed by atoms with Crippen molar-refractivity contribution < 1.29 is 28.9 Å². The summed E-state index contributed by atoms with van der Waals surface area (Å²) in [4.78, 5) is 48.4. The average Bonchev–Trinajstić information content (AvgIpc) is 3.31. The first-order valence-corrected chi connectivity index (χ1v) is 13.4. The molecular weight excluding hydrogens is 504 g/mol. The van der Waals surface area contributed by atoms with E-state index in [9.17, 15) is 19.5 Å². The summed E-state index contributed by atoms with van der Waals surface area (Å²) in [7, 11) is 1.30. The van der Waals surface area contributed by atoms with Gasteiger partial charge in [-0.25, -0.2) is 9.78 Å². The van der Waals surface area contributed by atoms with Gasteiger partial charge in [0, 0.05) is 34.8 Å². The lowest BCUT2D eigenvalue weighted by atomic mass is 9.95. The number of nitrogen functional groups attached to an aromatic ring is 1. The van der Waals surface area contributed by atoms with Crippen LogP contribution in [0.5, 0.6) is 0 Å². The molecule has 2 amide bonds. The molecule has 2 atom stereocenters. The first kappa shape index (κ1) is 24.3. The summed E-state index contributed by atoms with van der Waals surface area (Å²) in [5, 5.41) is 17.7. The highest BCUT2D eigenvalue weighted by molar-refractivity contribution is 8.00. The molecule has 0 saturated carbocycles. The molecule has 3 aliphatic rings. The summed E-state index contributed by atoms with van der Waals surface area (Å²) in [6, 6.07) is 3.21. The van der Waals surface area contributed by atoms with Crippen LogP contribution in [0.2, 0.25) is 0 Å². The third-order valence-corrected chi connectivity index (χ3v) is 8.46. The molecule has 0 spiro atoms. The molecule has 1 fully saturated rings. The van der Waals surface area contributed by atoms with Crippen LogP contribution < -0.4 is 15.6 Å². The summed E-state index contributed by atoms with van der Waals surface area (Å²) in [5.41, 5.74) is 8.96. The number of β-lactam (4-membered cyclic amide) rings is 1. The minimum absolute atomic E-state index is 0.00628. The van der Waals surface area contributed by atoms with Crippen LogP contribution in [0.15, 0.2) is 40.1 Å². The highest BCUT2D eigenvalue weighted by atomic mass is 32.2. The second-order valence-corrected chi connectivity index (χ2v) is 10.6. The van der Waals surface area contributed by atoms with Crippen LogP contribution in [-0.2, 0) is 38.6 Å². The van der Waals surface area contributed by atoms with E-state index in [1.807, 2.05) is 12.3 Å². The van der Waals surface area contributed by atoms with Gasteiger partial charge in [-0.1, -0.05) is 5.16 Å². The molecule has 0 aromatic carbocycles. The Balaban J connectivity index is 1.36. The summed E-state index contributed by atoms with van der Waals surface area (Å²) in [6.07, 6.45) is 6.20. The van der Waals surface area contributed by atoms with E-state index in [-0.39, 0.29) is 22.2 Å². The molecule has 5 rings (SSSR count). The van der Waals surface area contributed by atoms with Gasteiger partial charge in [-0.2, -0.15) is 4.57 Å². The van der Waals surface area contributed by atoms with Crippen LogP contribution >= 0.6 is 23.1 Å². The molecule has 0 radical (unpaired) electrons. The van der Waals surface area contributed by atoms with Gasteiger partial charge >= 0.3 is 5.97 Å². The number of nitrogens with two attached hydrogens (primary N) is 1. The molecule has 0 bridgehead atoms. The highest BCUT2D eigenvalue weighted by Gasteiger charge is 2.55. The number of nitrogens with one attached hydrogen (secondary N) is 1. The van der Waals surface area contributed by atoms with Crippen LogP contribution in [0.3, 0.4) is 0 Å². The fraction of sp³-hybridized carbons (Fsp3) is 0.391. The maximum absolute atomic E-state index is 13.1. The molecular formula is C23H25N6O5S2+. The smallest absolute Gasteiger partial charge is 0.352 e. The maximum Gasteiger partial charge on any atom is 0.352 e. The van der Waals surface area contributed by atoms with Gasteiger partial charge in [-0.15, -0.1) is 23.1 Å². The van der Waals surface area contributed by atoms with E-state index in [1.54, 1.807) is 5.38 Å². The largest absolute Gasteiger partial charge is 0.477 e. The fourth-order valence-electron chi connectivity index (χ4n) is 4.83. The van der Waals surface area contributed by atoms with Crippen molar-refractivity contribution in [1.29, 1.82) is 0 Å². The van der Waals surface area contributed by atoms with E-state index in [4.69, 9.17) is 10.6 Å². The number of aromatic nitrogens is 2. The van der Waals surface area contributed by atoms with E-state index in [0.717, 1.165) is 37.0 Å². The number of hydrogen-bond acceptors (Lipinski definition) is 9. The van der Waals surface area contributed by atoms with Gasteiger partial charge in [-0.05, 0) is 25.3 Å². The summed E-state index contributed by atoms with van der Waals surface area (Å²) in [6.45, 7) is 0.404. The maximum atomic E-state index is 13.1. The molecule has 2 unspecified atom stereocenters. The number of carbonyl (C=O) groups excluding carboxylic acids is 2. The minimum Gasteiger partial charge on any atom is -0.477 e. The van der Waals surface area contributed by atoms with Crippen LogP contribution in [0.1, 0.15) is 29.8 Å². The van der Waals surface area contributed by atoms with Crippen LogP contribution in [0.4, 0.5) is 5.13 Å². The van der Waals surface area contributed by atoms with Gasteiger partial charge in [0.25, 0.3) is 11.8 Å². The zero-order chi connectivity index (χ0) is 25.4. The lowest BCUT2D eigenvalue weighted by Crippen LogP contribution is -2.71. The number of thiazole rings is 1. The summed E-state index contributed by atoms with van der Waals surface area (Å²) < 4.78 is 2.10. The number of nitrogens with zero attached hydrogens (tertiary/aromatic N) is 4. The Kier molecular flexibility index (Phi) is 6.67. The van der Waals surface area contributed by atoms with E-state index in [1.165, 1.54) is 35.0 Å². The van der Waals surface area contributed by atoms with Gasteiger partial charge in [0.2, 0.25) is 0 Å². The Hall–Kier alpha value is -3.45. The number of carboxylic acid groups (broad SMARTS) is 1. The Bertz CT molecular complexity index is 1310. The SMILES string of the molecule is CO/N=C(\C(=O)NC1C(=O)N2C(C(=O)O)=C(C[n+]3cccc4c3CCCC4)CSC12)c1csc(N)n1. The Morgan fingerprint density at radius 3 is 2.92 bits per heavy atom. The normalized spacial score (nSPS) is 21.4. The number of rotatable bonds is 7. The van der Waals surface area contributed by atoms with E-state index in [2.05, 4.69) is 26.1 Å². The molecule has 36 heavy (non-hydrogen) atoms. The van der Waals surface area contributed by atoms with Crippen molar-refractivity contribution in [3.63, 3.8) is 0 Å². The molecule has 2 aromatic heterocycles. The Morgan fingerprint density at radius 2 is 2.19 bits per heavy atom. The number of anilines is 1. The number of fused-ring (bicyclic) bond motifs is 2. The molecule has 1 saturated heterocycles. The molecule has 2 aliphatic heterocycles. The van der Waals surface area contributed by atoms with Gasteiger partial charge in [0.15, 0.2) is 29.3 Å². The molecule has 4 N–H and O–H groups in total. The molecule has 188 valence electrons. The average molecular weight is 530 g/mol. The molecule has 13 heteroatoms. The van der Waals surface area contributed by atoms with E-state index in [0.29, 0.717) is 17.9 Å². The Labute approximate surface area is 215 Å². The lowest BCUT2D eigenvalue weighted by molar-refractivity contribution is -0.697. The predicted octanol–water partition coefficient (Wildman–Crippen LogP) is 0.681. The molecule has 11 nitrogen and oxygen atoms in total. The van der Waals surface area contributed by atoms with Crippen LogP contribution in [0, 0.1) is 0 Å². The Morgan fingerprint density at radius 1 is 1.39 bits per heavy atom. The van der Waals surface area contributed by atoms with Crippen molar-refractivity contribution in [3.8, 4) is 0 Å². The second-order valence-electron chi connectivity index (χ2n) is 8.63. The first-order valence-electron chi connectivity index (χ1n) is 11.4. The van der Waals surface area contributed by atoms with Gasteiger partial charge in [-0.3, -0.25) is 14.5 Å². The second kappa shape index (κ2) is 9.90. The molecule has 4 heterocycles. The molecule has 2 aromatic rings. The van der Waals surface area contributed by atoms with Crippen molar-refractivity contribution in [1.82, 2.24) is 15.2 Å². The summed E-state index contributed by atoms with van der Waals surface area (Å²) in [5.74, 6) is -1.86. The monoisotopic (exact) mass is 529 g/mol. The highest BCUT2D eigenvalue weighted by Crippen LogP contribution is 2.40. The number of aryl methyl sites for hydroxylation is 1. The van der Waals surface area contributed by atoms with Crippen molar-refractivity contribution in [2.24, 2.45) is 5.16 Å². The number of thioether (sulfide) groups is 1. The quantitative estimate of drug-likeness (QED) is 0.205. The van der Waals surface area contributed by atoms with Crippen LogP contribution in [0.25, 0.3) is 0 Å². The number of oxime groups is 1. The molecule has 1 aliphatic carbocycles.